The zero-order valence-corrected chi connectivity index (χ0v) is 17.7. The molecule has 5 nitrogen and oxygen atoms in total. The first-order chi connectivity index (χ1) is 15.6. The molecule has 1 amide bonds. The number of likely N-dealkylation sites (tertiary alicyclic amines) is 1. The van der Waals surface area contributed by atoms with Gasteiger partial charge in [-0.15, -0.1) is 0 Å². The minimum Gasteiger partial charge on any atom is -0.507 e. The summed E-state index contributed by atoms with van der Waals surface area (Å²) in [4.78, 5) is 31.9. The fourth-order valence-electron chi connectivity index (χ4n) is 4.75. The SMILES string of the molecule is O=C1C(=O)N(Cc2cccnc2)C(c2ccccc2)/C1=C(/O)c1ccc2c(c1)CCCC2. The van der Waals surface area contributed by atoms with Crippen LogP contribution in [0.4, 0.5) is 0 Å². The van der Waals surface area contributed by atoms with Crippen molar-refractivity contribution in [2.75, 3.05) is 0 Å². The van der Waals surface area contributed by atoms with Crippen LogP contribution >= 0.6 is 0 Å². The number of benzene rings is 2. The number of aromatic nitrogens is 1. The average Bonchev–Trinajstić information content (AvgIpc) is 3.09. The number of hydrogen-bond acceptors (Lipinski definition) is 4. The van der Waals surface area contributed by atoms with E-state index in [1.807, 2.05) is 54.6 Å². The molecule has 1 saturated heterocycles. The summed E-state index contributed by atoms with van der Waals surface area (Å²) in [5.74, 6) is -1.38. The quantitative estimate of drug-likeness (QED) is 0.378. The van der Waals surface area contributed by atoms with Gasteiger partial charge in [0.15, 0.2) is 0 Å². The van der Waals surface area contributed by atoms with E-state index in [9.17, 15) is 14.7 Å². The Kier molecular flexibility index (Phi) is 5.31. The first-order valence-electron chi connectivity index (χ1n) is 11.0. The third-order valence-electron chi connectivity index (χ3n) is 6.35. The van der Waals surface area contributed by atoms with Gasteiger partial charge in [-0.2, -0.15) is 0 Å². The van der Waals surface area contributed by atoms with Gasteiger partial charge in [0.1, 0.15) is 5.76 Å². The Hall–Kier alpha value is -3.73. The summed E-state index contributed by atoms with van der Waals surface area (Å²) in [6.07, 6.45) is 7.65. The van der Waals surface area contributed by atoms with Crippen LogP contribution in [0.25, 0.3) is 5.76 Å². The normalized spacial score (nSPS) is 19.8. The molecule has 5 rings (SSSR count). The molecule has 2 aliphatic rings. The van der Waals surface area contributed by atoms with Crippen molar-refractivity contribution in [1.82, 2.24) is 9.88 Å². The van der Waals surface area contributed by atoms with Crippen molar-refractivity contribution in [3.05, 3.63) is 106 Å². The fraction of sp³-hybridized carbons (Fsp3) is 0.222. The first-order valence-corrected chi connectivity index (χ1v) is 11.0. The molecule has 1 aliphatic heterocycles. The van der Waals surface area contributed by atoms with Crippen LogP contribution in [0.3, 0.4) is 0 Å². The van der Waals surface area contributed by atoms with Crippen molar-refractivity contribution in [2.45, 2.75) is 38.3 Å². The number of Topliss-reactive ketones (excluding diaryl/α,β-unsaturated/α-hetero) is 1. The monoisotopic (exact) mass is 424 g/mol. The van der Waals surface area contributed by atoms with Crippen molar-refractivity contribution >= 4 is 17.4 Å². The maximum absolute atomic E-state index is 13.2. The molecule has 1 atom stereocenters. The first kappa shape index (κ1) is 20.2. The molecule has 32 heavy (non-hydrogen) atoms. The second-order valence-corrected chi connectivity index (χ2v) is 8.39. The van der Waals surface area contributed by atoms with E-state index in [0.717, 1.165) is 30.4 Å². The van der Waals surface area contributed by atoms with Crippen LogP contribution in [0.1, 0.15) is 46.7 Å². The molecule has 0 radical (unpaired) electrons. The zero-order chi connectivity index (χ0) is 22.1. The van der Waals surface area contributed by atoms with E-state index in [1.165, 1.54) is 22.4 Å². The highest BCUT2D eigenvalue weighted by atomic mass is 16.3. The van der Waals surface area contributed by atoms with Crippen molar-refractivity contribution in [3.63, 3.8) is 0 Å². The van der Waals surface area contributed by atoms with Gasteiger partial charge < -0.3 is 10.0 Å². The van der Waals surface area contributed by atoms with Crippen molar-refractivity contribution in [3.8, 4) is 0 Å². The number of fused-ring (bicyclic) bond motifs is 1. The Morgan fingerprint density at radius 2 is 1.75 bits per heavy atom. The molecule has 0 saturated carbocycles. The third-order valence-corrected chi connectivity index (χ3v) is 6.35. The molecule has 1 aromatic heterocycles. The van der Waals surface area contributed by atoms with Crippen molar-refractivity contribution < 1.29 is 14.7 Å². The number of hydrogen-bond donors (Lipinski definition) is 1. The summed E-state index contributed by atoms with van der Waals surface area (Å²) >= 11 is 0. The fourth-order valence-corrected chi connectivity index (χ4v) is 4.75. The number of rotatable bonds is 4. The Morgan fingerprint density at radius 1 is 0.969 bits per heavy atom. The van der Waals surface area contributed by atoms with E-state index >= 15 is 0 Å². The summed E-state index contributed by atoms with van der Waals surface area (Å²) < 4.78 is 0. The maximum Gasteiger partial charge on any atom is 0.295 e. The number of ketones is 1. The number of carbonyl (C=O) groups excluding carboxylic acids is 2. The molecular formula is C27H24N2O3. The molecule has 160 valence electrons. The Bertz CT molecular complexity index is 1200. The van der Waals surface area contributed by atoms with Gasteiger partial charge in [-0.3, -0.25) is 14.6 Å². The smallest absolute Gasteiger partial charge is 0.295 e. The molecule has 5 heteroatoms. The molecule has 2 heterocycles. The summed E-state index contributed by atoms with van der Waals surface area (Å²) in [6.45, 7) is 0.235. The highest BCUT2D eigenvalue weighted by Gasteiger charge is 2.46. The van der Waals surface area contributed by atoms with Crippen LogP contribution in [0.15, 0.2) is 78.6 Å². The second kappa shape index (κ2) is 8.42. The van der Waals surface area contributed by atoms with Gasteiger partial charge in [-0.25, -0.2) is 0 Å². The van der Waals surface area contributed by atoms with Gasteiger partial charge in [0.25, 0.3) is 11.7 Å². The molecule has 1 aliphatic carbocycles. The van der Waals surface area contributed by atoms with E-state index in [1.54, 1.807) is 18.5 Å². The number of aryl methyl sites for hydroxylation is 2. The number of carbonyl (C=O) groups is 2. The van der Waals surface area contributed by atoms with Gasteiger partial charge in [-0.05, 0) is 60.1 Å². The molecule has 2 aromatic carbocycles. The molecule has 1 N–H and O–H groups in total. The van der Waals surface area contributed by atoms with E-state index in [0.29, 0.717) is 5.56 Å². The van der Waals surface area contributed by atoms with Crippen LogP contribution in [0.2, 0.25) is 0 Å². The van der Waals surface area contributed by atoms with E-state index in [2.05, 4.69) is 4.98 Å². The highest BCUT2D eigenvalue weighted by molar-refractivity contribution is 6.46. The lowest BCUT2D eigenvalue weighted by atomic mass is 9.88. The Balaban J connectivity index is 1.62. The summed E-state index contributed by atoms with van der Waals surface area (Å²) in [5.41, 5.74) is 4.84. The topological polar surface area (TPSA) is 70.5 Å². The third kappa shape index (κ3) is 3.60. The van der Waals surface area contributed by atoms with Gasteiger partial charge in [0, 0.05) is 24.5 Å². The van der Waals surface area contributed by atoms with Crippen molar-refractivity contribution in [2.24, 2.45) is 0 Å². The van der Waals surface area contributed by atoms with Gasteiger partial charge in [0.2, 0.25) is 0 Å². The Morgan fingerprint density at radius 3 is 2.50 bits per heavy atom. The van der Waals surface area contributed by atoms with Gasteiger partial charge in [0.05, 0.1) is 11.6 Å². The summed E-state index contributed by atoms with van der Waals surface area (Å²) in [7, 11) is 0. The van der Waals surface area contributed by atoms with E-state index < -0.39 is 17.7 Å². The maximum atomic E-state index is 13.2. The molecular weight excluding hydrogens is 400 g/mol. The standard InChI is InChI=1S/C27H24N2O3/c30-25(22-13-12-19-8-4-5-11-21(19)15-22)23-24(20-9-2-1-3-10-20)29(27(32)26(23)31)17-18-7-6-14-28-16-18/h1-3,6-7,9-10,12-16,24,30H,4-5,8,11,17H2/b25-23-. The number of aliphatic hydroxyl groups is 1. The van der Waals surface area contributed by atoms with Crippen LogP contribution < -0.4 is 0 Å². The van der Waals surface area contributed by atoms with Crippen LogP contribution in [-0.4, -0.2) is 26.7 Å². The zero-order valence-electron chi connectivity index (χ0n) is 17.7. The summed E-state index contributed by atoms with van der Waals surface area (Å²) in [5, 5.41) is 11.3. The molecule has 0 spiro atoms. The number of pyridine rings is 1. The predicted octanol–water partition coefficient (Wildman–Crippen LogP) is 4.58. The lowest BCUT2D eigenvalue weighted by Crippen LogP contribution is -2.29. The lowest BCUT2D eigenvalue weighted by Gasteiger charge is -2.25. The predicted molar refractivity (Wildman–Crippen MR) is 122 cm³/mol. The average molecular weight is 425 g/mol. The van der Waals surface area contributed by atoms with Gasteiger partial charge >= 0.3 is 0 Å². The minimum absolute atomic E-state index is 0.112. The molecule has 1 fully saturated rings. The number of nitrogens with zero attached hydrogens (tertiary/aromatic N) is 2. The van der Waals surface area contributed by atoms with Crippen molar-refractivity contribution in [1.29, 1.82) is 0 Å². The molecule has 1 unspecified atom stereocenters. The molecule has 3 aromatic rings. The highest BCUT2D eigenvalue weighted by Crippen LogP contribution is 2.40. The minimum atomic E-state index is -0.660. The van der Waals surface area contributed by atoms with Crippen LogP contribution in [0, 0.1) is 0 Å². The van der Waals surface area contributed by atoms with E-state index in [4.69, 9.17) is 0 Å². The van der Waals surface area contributed by atoms with Gasteiger partial charge in [-0.1, -0.05) is 48.5 Å². The number of aliphatic hydroxyl groups excluding tert-OH is 1. The number of amides is 1. The van der Waals surface area contributed by atoms with E-state index in [-0.39, 0.29) is 17.9 Å². The lowest BCUT2D eigenvalue weighted by molar-refractivity contribution is -0.140. The van der Waals surface area contributed by atoms with Crippen LogP contribution in [0.5, 0.6) is 0 Å². The molecule has 0 bridgehead atoms. The summed E-state index contributed by atoms with van der Waals surface area (Å²) in [6, 6.07) is 18.3. The largest absolute Gasteiger partial charge is 0.507 e. The second-order valence-electron chi connectivity index (χ2n) is 8.39. The Labute approximate surface area is 187 Å². The van der Waals surface area contributed by atoms with Crippen LogP contribution in [-0.2, 0) is 29.0 Å².